The molecule has 11 heteroatoms. The van der Waals surface area contributed by atoms with Crippen molar-refractivity contribution in [2.45, 2.75) is 136 Å². The molecule has 0 aliphatic carbocycles. The Morgan fingerprint density at radius 3 is 2.13 bits per heavy atom. The Morgan fingerprint density at radius 2 is 1.63 bits per heavy atom. The van der Waals surface area contributed by atoms with Gasteiger partial charge in [0.15, 0.2) is 6.29 Å². The van der Waals surface area contributed by atoms with Gasteiger partial charge in [0.1, 0.15) is 17.8 Å². The van der Waals surface area contributed by atoms with E-state index in [2.05, 4.69) is 44.7 Å². The first-order valence-electron chi connectivity index (χ1n) is 17.1. The maximum atomic E-state index is 12.9. The minimum atomic E-state index is -1.21. The van der Waals surface area contributed by atoms with Gasteiger partial charge in [0.05, 0.1) is 17.7 Å². The molecule has 0 bridgehead atoms. The average molecular weight is 658 g/mol. The lowest BCUT2D eigenvalue weighted by molar-refractivity contribution is -0.188. The maximum absolute atomic E-state index is 12.9. The van der Waals surface area contributed by atoms with Gasteiger partial charge in [0, 0.05) is 59.7 Å². The summed E-state index contributed by atoms with van der Waals surface area (Å²) in [5.74, 6) is -0.370. The fourth-order valence-electron chi connectivity index (χ4n) is 6.60. The predicted octanol–water partition coefficient (Wildman–Crippen LogP) is 4.14. The van der Waals surface area contributed by atoms with Crippen LogP contribution < -0.4 is 0 Å². The fourth-order valence-corrected chi connectivity index (χ4v) is 6.60. The normalized spacial score (nSPS) is 30.5. The number of likely N-dealkylation sites (tertiary alicyclic amines) is 1. The molecule has 1 N–H and O–H groups in total. The summed E-state index contributed by atoms with van der Waals surface area (Å²) in [4.78, 5) is 45.1. The minimum absolute atomic E-state index is 0.00154. The lowest BCUT2D eigenvalue weighted by Crippen LogP contribution is -2.51. The predicted molar refractivity (Wildman–Crippen MR) is 180 cm³/mol. The van der Waals surface area contributed by atoms with Crippen LogP contribution in [0.25, 0.3) is 0 Å². The van der Waals surface area contributed by atoms with Gasteiger partial charge in [0.2, 0.25) is 5.91 Å². The van der Waals surface area contributed by atoms with Crippen LogP contribution >= 0.6 is 0 Å². The Labute approximate surface area is 279 Å². The van der Waals surface area contributed by atoms with Crippen LogP contribution in [0.2, 0.25) is 0 Å². The van der Waals surface area contributed by atoms with Crippen LogP contribution in [-0.2, 0) is 33.3 Å². The number of ether oxygens (including phenoxy) is 4. The zero-order valence-electron chi connectivity index (χ0n) is 31.1. The SMILES string of the molecule is CO.COC1CC(N(C)C)CC(C)O1.CO[C@]1(C)CCCN(C(C)=O)C(C2CCN(C(C)C)CC2)COC(=O)C(C)(C)C(=O)CC1. The number of carbonyl (C=O) groups is 3. The lowest BCUT2D eigenvalue weighted by atomic mass is 9.83. The van der Waals surface area contributed by atoms with E-state index in [1.54, 1.807) is 35.0 Å². The van der Waals surface area contributed by atoms with E-state index in [9.17, 15) is 14.4 Å². The average Bonchev–Trinajstić information content (AvgIpc) is 3.03. The molecule has 3 fully saturated rings. The van der Waals surface area contributed by atoms with E-state index < -0.39 is 17.0 Å². The Balaban J connectivity index is 0.000000629. The van der Waals surface area contributed by atoms with E-state index in [1.165, 1.54) is 0 Å². The zero-order valence-corrected chi connectivity index (χ0v) is 31.1. The molecule has 0 aromatic carbocycles. The summed E-state index contributed by atoms with van der Waals surface area (Å²) in [6, 6.07) is 0.918. The molecule has 0 aromatic heterocycles. The smallest absolute Gasteiger partial charge is 0.319 e. The number of esters is 1. The van der Waals surface area contributed by atoms with Crippen LogP contribution in [0.5, 0.6) is 0 Å². The molecule has 46 heavy (non-hydrogen) atoms. The zero-order chi connectivity index (χ0) is 35.2. The van der Waals surface area contributed by atoms with E-state index in [1.807, 2.05) is 11.8 Å². The van der Waals surface area contributed by atoms with Gasteiger partial charge in [-0.15, -0.1) is 0 Å². The number of amides is 1. The van der Waals surface area contributed by atoms with Crippen LogP contribution in [0.3, 0.4) is 0 Å². The quantitative estimate of drug-likeness (QED) is 0.342. The van der Waals surface area contributed by atoms with Crippen LogP contribution in [0.15, 0.2) is 0 Å². The molecule has 3 heterocycles. The highest BCUT2D eigenvalue weighted by Crippen LogP contribution is 2.31. The molecule has 5 atom stereocenters. The molecule has 3 aliphatic heterocycles. The molecule has 0 aromatic rings. The van der Waals surface area contributed by atoms with Crippen molar-refractivity contribution in [3.8, 4) is 0 Å². The van der Waals surface area contributed by atoms with E-state index >= 15 is 0 Å². The van der Waals surface area contributed by atoms with Crippen molar-refractivity contribution < 1.29 is 38.4 Å². The summed E-state index contributed by atoms with van der Waals surface area (Å²) < 4.78 is 22.3. The van der Waals surface area contributed by atoms with E-state index in [0.29, 0.717) is 31.2 Å². The topological polar surface area (TPSA) is 118 Å². The van der Waals surface area contributed by atoms with Crippen molar-refractivity contribution in [2.75, 3.05) is 61.7 Å². The molecule has 3 rings (SSSR count). The minimum Gasteiger partial charge on any atom is -0.463 e. The molecule has 4 unspecified atom stereocenters. The Hall–Kier alpha value is -1.63. The molecule has 0 saturated carbocycles. The van der Waals surface area contributed by atoms with Crippen LogP contribution in [0.4, 0.5) is 0 Å². The number of aliphatic hydroxyl groups excluding tert-OH is 1. The lowest BCUT2D eigenvalue weighted by Gasteiger charge is -2.42. The van der Waals surface area contributed by atoms with Gasteiger partial charge in [0.25, 0.3) is 0 Å². The molecule has 11 nitrogen and oxygen atoms in total. The number of methoxy groups -OCH3 is 2. The summed E-state index contributed by atoms with van der Waals surface area (Å²) in [6.07, 6.45) is 6.63. The van der Waals surface area contributed by atoms with Gasteiger partial charge in [-0.1, -0.05) is 0 Å². The van der Waals surface area contributed by atoms with Crippen molar-refractivity contribution in [2.24, 2.45) is 11.3 Å². The Kier molecular flexibility index (Phi) is 18.4. The molecule has 0 radical (unpaired) electrons. The molecule has 0 spiro atoms. The van der Waals surface area contributed by atoms with Crippen LogP contribution in [0, 0.1) is 11.3 Å². The highest BCUT2D eigenvalue weighted by molar-refractivity contribution is 6.02. The second-order valence-corrected chi connectivity index (χ2v) is 14.4. The van der Waals surface area contributed by atoms with Gasteiger partial charge in [-0.25, -0.2) is 0 Å². The molecule has 1 amide bonds. The number of aliphatic hydroxyl groups is 1. The number of carbonyl (C=O) groups excluding carboxylic acids is 3. The van der Waals surface area contributed by atoms with Crippen LogP contribution in [-0.4, -0.2) is 135 Å². The molecule has 3 aliphatic rings. The Morgan fingerprint density at radius 1 is 1.02 bits per heavy atom. The number of nitrogens with zero attached hydrogens (tertiary/aromatic N) is 3. The van der Waals surface area contributed by atoms with Crippen LogP contribution in [0.1, 0.15) is 99.8 Å². The Bertz CT molecular complexity index is 922. The number of hydrogen-bond donors (Lipinski definition) is 1. The molecule has 3 saturated heterocycles. The summed E-state index contributed by atoms with van der Waals surface area (Å²) in [5, 5.41) is 7.00. The van der Waals surface area contributed by atoms with E-state index in [-0.39, 0.29) is 43.0 Å². The third kappa shape index (κ3) is 12.8. The van der Waals surface area contributed by atoms with E-state index in [4.69, 9.17) is 24.1 Å². The third-order valence-corrected chi connectivity index (χ3v) is 10.2. The molecule has 270 valence electrons. The van der Waals surface area contributed by atoms with Crippen molar-refractivity contribution >= 4 is 17.7 Å². The number of rotatable bonds is 5. The number of cyclic esters (lactones) is 1. The highest BCUT2D eigenvalue weighted by atomic mass is 16.7. The first-order valence-corrected chi connectivity index (χ1v) is 17.1. The van der Waals surface area contributed by atoms with Gasteiger partial charge in [-0.2, -0.15) is 0 Å². The molecular formula is C35H67N3O8. The van der Waals surface area contributed by atoms with E-state index in [0.717, 1.165) is 58.7 Å². The maximum Gasteiger partial charge on any atom is 0.319 e. The standard InChI is InChI=1S/C25H44N2O5.C9H19NO2.CH4O/c1-18(2)26-15-10-20(11-16-26)21-17-32-23(30)24(4,5)22(29)9-13-25(6,31-7)12-8-14-27(21)19(3)28;1-7-5-8(10(2)3)6-9(11-4)12-7;1-2/h18,20-21H,8-17H2,1-7H3;7-9H,5-6H2,1-4H3;2H,1H3/t21?,25-;;/m1../s1. The van der Waals surface area contributed by atoms with Crippen molar-refractivity contribution in [1.29, 1.82) is 0 Å². The summed E-state index contributed by atoms with van der Waals surface area (Å²) in [6.45, 7) is 16.1. The first-order chi connectivity index (χ1) is 21.5. The number of Topliss-reactive ketones (excluding diaryl/α,β-unsaturated/α-hetero) is 1. The van der Waals surface area contributed by atoms with Gasteiger partial charge in [-0.05, 0) is 113 Å². The van der Waals surface area contributed by atoms with Gasteiger partial charge < -0.3 is 38.8 Å². The summed E-state index contributed by atoms with van der Waals surface area (Å²) in [7, 11) is 8.58. The second-order valence-electron chi connectivity index (χ2n) is 14.4. The monoisotopic (exact) mass is 657 g/mol. The molecular weight excluding hydrogens is 590 g/mol. The highest BCUT2D eigenvalue weighted by Gasteiger charge is 2.41. The summed E-state index contributed by atoms with van der Waals surface area (Å²) in [5.41, 5.74) is -1.68. The second kappa shape index (κ2) is 20.0. The third-order valence-electron chi connectivity index (χ3n) is 10.2. The number of piperidine rings is 1. The van der Waals surface area contributed by atoms with Gasteiger partial charge >= 0.3 is 5.97 Å². The fraction of sp³-hybridized carbons (Fsp3) is 0.914. The number of ketones is 1. The van der Waals surface area contributed by atoms with Crippen molar-refractivity contribution in [1.82, 2.24) is 14.7 Å². The number of hydrogen-bond acceptors (Lipinski definition) is 10. The van der Waals surface area contributed by atoms with Crippen molar-refractivity contribution in [3.63, 3.8) is 0 Å². The largest absolute Gasteiger partial charge is 0.463 e. The summed E-state index contributed by atoms with van der Waals surface area (Å²) >= 11 is 0. The first kappa shape index (κ1) is 42.4. The van der Waals surface area contributed by atoms with Gasteiger partial charge in [-0.3, -0.25) is 14.4 Å². The van der Waals surface area contributed by atoms with Crippen molar-refractivity contribution in [3.05, 3.63) is 0 Å².